The summed E-state index contributed by atoms with van der Waals surface area (Å²) < 4.78 is 3.91. The molecule has 0 bridgehead atoms. The maximum Gasteiger partial charge on any atom is 0.224 e. The molecule has 0 aromatic heterocycles. The van der Waals surface area contributed by atoms with E-state index in [0.717, 1.165) is 17.6 Å². The second kappa shape index (κ2) is 24.4. The van der Waals surface area contributed by atoms with Crippen molar-refractivity contribution in [3.63, 3.8) is 0 Å². The molecule has 0 radical (unpaired) electrons. The van der Waals surface area contributed by atoms with Gasteiger partial charge < -0.3 is 14.3 Å². The molecule has 0 saturated carbocycles. The molecule has 2 aromatic carbocycles. The Morgan fingerprint density at radius 2 is 1.14 bits per heavy atom. The van der Waals surface area contributed by atoms with Gasteiger partial charge in [-0.3, -0.25) is 25.0 Å². The van der Waals surface area contributed by atoms with E-state index in [2.05, 4.69) is 4.74 Å². The van der Waals surface area contributed by atoms with Gasteiger partial charge in [0.25, 0.3) is 0 Å². The van der Waals surface area contributed by atoms with Gasteiger partial charge in [0.15, 0.2) is 12.4 Å². The number of hydrogen-bond donors (Lipinski definition) is 0. The summed E-state index contributed by atoms with van der Waals surface area (Å²) in [5, 5.41) is 21.4. The van der Waals surface area contributed by atoms with Crippen LogP contribution in [0.4, 0.5) is 0 Å². The van der Waals surface area contributed by atoms with Crippen molar-refractivity contribution in [2.24, 2.45) is 0 Å². The van der Waals surface area contributed by atoms with Gasteiger partial charge in [-0.05, 0) is 18.1 Å². The molecule has 11 heteroatoms. The van der Waals surface area contributed by atoms with E-state index in [9.17, 15) is 34.6 Å². The van der Waals surface area contributed by atoms with Crippen molar-refractivity contribution in [2.75, 3.05) is 0 Å². The van der Waals surface area contributed by atoms with Crippen molar-refractivity contribution in [3.05, 3.63) is 92.0 Å². The number of Topliss-reactive ketones (excluding diaryl/α,β-unsaturated/α-hetero) is 1. The molecule has 2 unspecified atom stereocenters. The number of carbonyl (C=O) groups is 2. The smallest absolute Gasteiger partial charge is 0.224 e. The number of carbonyl (C=O) groups excluding carboxylic acids is 3. The number of ketones is 1. The molecule has 204 valence electrons. The van der Waals surface area contributed by atoms with E-state index in [1.54, 1.807) is 30.3 Å². The van der Waals surface area contributed by atoms with Crippen LogP contribution in [-0.2, 0) is 53.0 Å². The minimum Gasteiger partial charge on any atom is -0.584 e. The molecular weight excluding hydrogens is 652 g/mol. The number of nitrogens with zero attached hydrogens (tertiary/aromatic N) is 2. The van der Waals surface area contributed by atoms with Crippen LogP contribution in [0.2, 0.25) is 0 Å². The van der Waals surface area contributed by atoms with Crippen molar-refractivity contribution in [1.29, 1.82) is 0 Å². The molecular formula is C26H35N2O8W-. The molecule has 0 spiro atoms. The third-order valence-electron chi connectivity index (χ3n) is 4.31. The summed E-state index contributed by atoms with van der Waals surface area (Å²) in [4.78, 5) is 52.1. The Labute approximate surface area is 232 Å². The molecule has 0 heterocycles. The SMILES string of the molecule is CC.CC.CC(=O)CC(Cc1ccccc1)[N+](=O)[O-].O=[C-]OC(=O)CC(Cc1ccccc1)[N+](=O)[O-].[W]. The van der Waals surface area contributed by atoms with Crippen LogP contribution in [0.25, 0.3) is 0 Å². The molecule has 2 rings (SSSR count). The van der Waals surface area contributed by atoms with Crippen LogP contribution in [0.3, 0.4) is 0 Å². The van der Waals surface area contributed by atoms with Crippen molar-refractivity contribution in [1.82, 2.24) is 0 Å². The van der Waals surface area contributed by atoms with Gasteiger partial charge in [0.2, 0.25) is 12.1 Å². The van der Waals surface area contributed by atoms with E-state index in [-0.39, 0.29) is 44.6 Å². The van der Waals surface area contributed by atoms with E-state index >= 15 is 0 Å². The molecule has 2 atom stereocenters. The molecule has 10 nitrogen and oxygen atoms in total. The Bertz CT molecular complexity index is 911. The molecule has 0 N–H and O–H groups in total. The molecule has 0 aliphatic rings. The standard InChI is InChI=1S/C11H10NO5.C11H13NO3.2C2H6.W/c13-8-17-11(14)7-10(12(15)16)6-9-4-2-1-3-5-9;1-9(13)7-11(12(14)15)8-10-5-3-2-4-6-10;2*1-2;/h1-5,10H,6-7H2;2-6,11H,7-8H2,1H3;2*1-2H3;/q-1;;;;. The van der Waals surface area contributed by atoms with E-state index in [1.807, 2.05) is 58.0 Å². The Balaban J connectivity index is -0.000000540. The zero-order valence-electron chi connectivity index (χ0n) is 21.8. The average molecular weight is 687 g/mol. The molecule has 37 heavy (non-hydrogen) atoms. The minimum absolute atomic E-state index is 0. The fourth-order valence-corrected chi connectivity index (χ4v) is 2.83. The molecule has 0 amide bonds. The normalized spacial score (nSPS) is 10.5. The summed E-state index contributed by atoms with van der Waals surface area (Å²) in [6, 6.07) is 16.0. The molecule has 0 aliphatic heterocycles. The van der Waals surface area contributed by atoms with E-state index in [0.29, 0.717) is 6.42 Å². The molecule has 2 aromatic rings. The average Bonchev–Trinajstić information content (AvgIpc) is 2.87. The van der Waals surface area contributed by atoms with E-state index in [4.69, 9.17) is 0 Å². The van der Waals surface area contributed by atoms with Gasteiger partial charge in [-0.1, -0.05) is 88.4 Å². The number of esters is 1. The second-order valence-corrected chi connectivity index (χ2v) is 6.93. The largest absolute Gasteiger partial charge is 0.584 e. The summed E-state index contributed by atoms with van der Waals surface area (Å²) in [6.45, 7) is 10.3. The first kappa shape index (κ1) is 38.3. The minimum atomic E-state index is -1.10. The Kier molecular flexibility index (Phi) is 25.3. The van der Waals surface area contributed by atoms with Gasteiger partial charge in [0.1, 0.15) is 5.78 Å². The Morgan fingerprint density at radius 1 is 0.784 bits per heavy atom. The quantitative estimate of drug-likeness (QED) is 0.108. The fraction of sp³-hybridized carbons (Fsp3) is 0.423. The Morgan fingerprint density at radius 3 is 1.43 bits per heavy atom. The zero-order valence-corrected chi connectivity index (χ0v) is 24.8. The first-order valence-corrected chi connectivity index (χ1v) is 11.6. The van der Waals surface area contributed by atoms with Crippen LogP contribution < -0.4 is 0 Å². The van der Waals surface area contributed by atoms with Gasteiger partial charge in [-0.15, -0.1) is 0 Å². The van der Waals surface area contributed by atoms with Crippen LogP contribution in [0.15, 0.2) is 60.7 Å². The monoisotopic (exact) mass is 687 g/mol. The first-order valence-electron chi connectivity index (χ1n) is 11.6. The van der Waals surface area contributed by atoms with Gasteiger partial charge in [-0.25, -0.2) is 0 Å². The summed E-state index contributed by atoms with van der Waals surface area (Å²) in [5.74, 6) is -1.09. The maximum atomic E-state index is 11.0. The van der Waals surface area contributed by atoms with Crippen LogP contribution >= 0.6 is 0 Å². The zero-order chi connectivity index (χ0) is 27.9. The molecule has 0 aliphatic carbocycles. The van der Waals surface area contributed by atoms with E-state index < -0.39 is 29.4 Å². The van der Waals surface area contributed by atoms with Crippen LogP contribution in [-0.4, -0.2) is 40.2 Å². The summed E-state index contributed by atoms with van der Waals surface area (Å²) in [5.41, 5.74) is 1.64. The third-order valence-corrected chi connectivity index (χ3v) is 4.31. The predicted octanol–water partition coefficient (Wildman–Crippen LogP) is 4.78. The van der Waals surface area contributed by atoms with Gasteiger partial charge >= 0.3 is 0 Å². The number of benzene rings is 2. The van der Waals surface area contributed by atoms with Gasteiger partial charge in [0.05, 0.1) is 6.42 Å². The summed E-state index contributed by atoms with van der Waals surface area (Å²) >= 11 is 0. The van der Waals surface area contributed by atoms with E-state index in [1.165, 1.54) is 6.92 Å². The third kappa shape index (κ3) is 19.6. The van der Waals surface area contributed by atoms with Crippen molar-refractivity contribution in [3.8, 4) is 0 Å². The predicted molar refractivity (Wildman–Crippen MR) is 136 cm³/mol. The van der Waals surface area contributed by atoms with Crippen molar-refractivity contribution >= 4 is 18.2 Å². The van der Waals surface area contributed by atoms with Crippen LogP contribution in [0.1, 0.15) is 58.6 Å². The summed E-state index contributed by atoms with van der Waals surface area (Å²) in [7, 11) is 0. The number of ether oxygens (including phenoxy) is 1. The van der Waals surface area contributed by atoms with Crippen molar-refractivity contribution in [2.45, 2.75) is 72.4 Å². The molecule has 0 saturated heterocycles. The number of rotatable bonds is 11. The van der Waals surface area contributed by atoms with Gasteiger partial charge in [0, 0.05) is 50.2 Å². The molecule has 0 fully saturated rings. The topological polar surface area (TPSA) is 147 Å². The fourth-order valence-electron chi connectivity index (χ4n) is 2.83. The van der Waals surface area contributed by atoms with Crippen LogP contribution in [0, 0.1) is 20.2 Å². The van der Waals surface area contributed by atoms with Crippen LogP contribution in [0.5, 0.6) is 0 Å². The number of hydrogen-bond acceptors (Lipinski definition) is 8. The number of nitro groups is 2. The van der Waals surface area contributed by atoms with Crippen molar-refractivity contribution < 1.29 is 50.0 Å². The summed E-state index contributed by atoms with van der Waals surface area (Å²) in [6.07, 6.45) is -0.0196. The van der Waals surface area contributed by atoms with Gasteiger partial charge in [-0.2, -0.15) is 0 Å². The Hall–Kier alpha value is -3.26. The second-order valence-electron chi connectivity index (χ2n) is 6.93. The maximum absolute atomic E-state index is 11.0. The first-order chi connectivity index (χ1) is 17.2.